The van der Waals surface area contributed by atoms with Gasteiger partial charge in [0.2, 0.25) is 0 Å². The van der Waals surface area contributed by atoms with Crippen LogP contribution < -0.4 is 9.80 Å². The Hall–Kier alpha value is -10.3. The highest BCUT2D eigenvalue weighted by Gasteiger charge is 2.70. The van der Waals surface area contributed by atoms with Gasteiger partial charge in [-0.2, -0.15) is 0 Å². The number of nitrogens with zero attached hydrogens (tertiary/aromatic N) is 2. The first kappa shape index (κ1) is 56.5. The summed E-state index contributed by atoms with van der Waals surface area (Å²) in [5, 5.41) is 9.94. The number of hydrogen-bond donors (Lipinski definition) is 0. The second-order valence-electron chi connectivity index (χ2n) is 30.4. The Bertz CT molecular complexity index is 5220. The van der Waals surface area contributed by atoms with Crippen molar-refractivity contribution in [2.24, 2.45) is 10.8 Å². The summed E-state index contributed by atoms with van der Waals surface area (Å²) in [5.41, 5.74) is 25.6. The SMILES string of the molecule is CC1(C)c2ccccc2-c2ccc(N(c3ccc4c(c3)C(C(C)(C)C)(C3(C(C)(C)C)c5ccccc5-c5ccc(N(c6ccc7c(c6)C(C)(C)c6ccccc6-7)c6ccc7ccc8ccccc8c7c6)cc53)c3ccccc3-4)c3ccc4ccc5ccccc5c4c3)cc21. The Balaban J connectivity index is 0.911. The van der Waals surface area contributed by atoms with Crippen LogP contribution in [0.4, 0.5) is 34.1 Å². The number of anilines is 6. The molecule has 0 amide bonds. The van der Waals surface area contributed by atoms with Crippen molar-refractivity contribution in [3.63, 3.8) is 0 Å². The Morgan fingerprint density at radius 2 is 0.457 bits per heavy atom. The minimum atomic E-state index is -0.678. The van der Waals surface area contributed by atoms with Gasteiger partial charge in [-0.1, -0.05) is 275 Å². The third kappa shape index (κ3) is 7.48. The van der Waals surface area contributed by atoms with Crippen LogP contribution in [0, 0.1) is 10.8 Å². The van der Waals surface area contributed by atoms with Crippen LogP contribution in [0.15, 0.2) is 279 Å². The highest BCUT2D eigenvalue weighted by molar-refractivity contribution is 6.11. The van der Waals surface area contributed by atoms with Crippen LogP contribution in [0.25, 0.3) is 87.6 Å². The Labute approximate surface area is 553 Å². The van der Waals surface area contributed by atoms with Crippen molar-refractivity contribution < 1.29 is 0 Å². The van der Waals surface area contributed by atoms with Gasteiger partial charge in [0.25, 0.3) is 0 Å². The van der Waals surface area contributed by atoms with Gasteiger partial charge < -0.3 is 9.80 Å². The minimum Gasteiger partial charge on any atom is -0.310 e. The van der Waals surface area contributed by atoms with Gasteiger partial charge in [-0.15, -0.1) is 0 Å². The summed E-state index contributed by atoms with van der Waals surface area (Å²) in [4.78, 5) is 5.16. The lowest BCUT2D eigenvalue weighted by molar-refractivity contribution is 0.0594. The first-order valence-electron chi connectivity index (χ1n) is 33.8. The van der Waals surface area contributed by atoms with E-state index in [1.54, 1.807) is 0 Å². The summed E-state index contributed by atoms with van der Waals surface area (Å²) >= 11 is 0. The summed E-state index contributed by atoms with van der Waals surface area (Å²) in [6.45, 7) is 24.9. The molecule has 0 fully saturated rings. The highest BCUT2D eigenvalue weighted by Crippen LogP contribution is 2.75. The molecule has 2 nitrogen and oxygen atoms in total. The van der Waals surface area contributed by atoms with Crippen LogP contribution >= 0.6 is 0 Å². The van der Waals surface area contributed by atoms with Gasteiger partial charge in [-0.25, -0.2) is 0 Å². The molecule has 0 saturated heterocycles. The van der Waals surface area contributed by atoms with E-state index in [1.165, 1.54) is 132 Å². The number of hydrogen-bond acceptors (Lipinski definition) is 2. The van der Waals surface area contributed by atoms with E-state index in [9.17, 15) is 0 Å². The molecule has 454 valence electrons. The van der Waals surface area contributed by atoms with Crippen molar-refractivity contribution in [2.45, 2.75) is 90.9 Å². The monoisotopic (exact) mass is 1210 g/mol. The first-order valence-corrected chi connectivity index (χ1v) is 33.8. The Morgan fingerprint density at radius 3 is 0.819 bits per heavy atom. The van der Waals surface area contributed by atoms with E-state index in [2.05, 4.69) is 358 Å². The van der Waals surface area contributed by atoms with E-state index in [-0.39, 0.29) is 10.8 Å². The van der Waals surface area contributed by atoms with Gasteiger partial charge in [0, 0.05) is 55.8 Å². The summed E-state index contributed by atoms with van der Waals surface area (Å²) in [6, 6.07) is 108. The van der Waals surface area contributed by atoms with E-state index in [0.29, 0.717) is 0 Å². The molecule has 18 rings (SSSR count). The molecule has 0 N–H and O–H groups in total. The molecule has 0 radical (unpaired) electrons. The average molecular weight is 1210 g/mol. The highest BCUT2D eigenvalue weighted by atomic mass is 15.1. The molecule has 4 aliphatic rings. The van der Waals surface area contributed by atoms with E-state index < -0.39 is 21.7 Å². The maximum Gasteiger partial charge on any atom is 0.0468 e. The zero-order valence-electron chi connectivity index (χ0n) is 55.5. The second-order valence-corrected chi connectivity index (χ2v) is 30.4. The molecule has 0 saturated carbocycles. The van der Waals surface area contributed by atoms with E-state index in [4.69, 9.17) is 0 Å². The quantitative estimate of drug-likeness (QED) is 0.147. The maximum atomic E-state index is 2.65. The van der Waals surface area contributed by atoms with Crippen LogP contribution in [0.2, 0.25) is 0 Å². The molecule has 14 aromatic carbocycles. The predicted molar refractivity (Wildman–Crippen MR) is 399 cm³/mol. The van der Waals surface area contributed by atoms with Crippen LogP contribution in [-0.2, 0) is 21.7 Å². The molecule has 2 atom stereocenters. The van der Waals surface area contributed by atoms with Gasteiger partial charge in [-0.05, 0) is 216 Å². The van der Waals surface area contributed by atoms with Crippen LogP contribution in [0.5, 0.6) is 0 Å². The van der Waals surface area contributed by atoms with Crippen LogP contribution in [0.3, 0.4) is 0 Å². The fraction of sp³-hybridized carbons (Fsp3) is 0.174. The van der Waals surface area contributed by atoms with Gasteiger partial charge >= 0.3 is 0 Å². The second kappa shape index (κ2) is 19.6. The molecule has 14 aromatic rings. The van der Waals surface area contributed by atoms with Crippen LogP contribution in [-0.4, -0.2) is 0 Å². The van der Waals surface area contributed by atoms with Crippen molar-refractivity contribution >= 4 is 77.2 Å². The van der Waals surface area contributed by atoms with Gasteiger partial charge in [0.15, 0.2) is 0 Å². The van der Waals surface area contributed by atoms with Crippen molar-refractivity contribution in [3.05, 3.63) is 324 Å². The van der Waals surface area contributed by atoms with E-state index in [0.717, 1.165) is 34.1 Å². The van der Waals surface area contributed by atoms with Crippen molar-refractivity contribution in [3.8, 4) is 44.5 Å². The van der Waals surface area contributed by atoms with E-state index >= 15 is 0 Å². The molecule has 94 heavy (non-hydrogen) atoms. The average Bonchev–Trinajstić information content (AvgIpc) is 1.44. The molecule has 0 aliphatic heterocycles. The van der Waals surface area contributed by atoms with Crippen molar-refractivity contribution in [2.75, 3.05) is 9.80 Å². The third-order valence-electron chi connectivity index (χ3n) is 23.0. The topological polar surface area (TPSA) is 6.48 Å². The molecule has 4 aliphatic carbocycles. The largest absolute Gasteiger partial charge is 0.310 e. The molecule has 0 spiro atoms. The minimum absolute atomic E-state index is 0.198. The zero-order valence-corrected chi connectivity index (χ0v) is 55.5. The Kier molecular flexibility index (Phi) is 11.8. The van der Waals surface area contributed by atoms with Crippen molar-refractivity contribution in [1.82, 2.24) is 0 Å². The number of fused-ring (bicyclic) bond motifs is 18. The number of rotatable bonds is 7. The fourth-order valence-electron chi connectivity index (χ4n) is 19.2. The summed E-state index contributed by atoms with van der Waals surface area (Å²) in [5.74, 6) is 0. The molecule has 0 aromatic heterocycles. The lowest BCUT2D eigenvalue weighted by Crippen LogP contribution is -2.62. The third-order valence-corrected chi connectivity index (χ3v) is 23.0. The molecular formula is C92H76N2. The van der Waals surface area contributed by atoms with E-state index in [1.807, 2.05) is 0 Å². The lowest BCUT2D eigenvalue weighted by Gasteiger charge is -2.62. The van der Waals surface area contributed by atoms with Crippen LogP contribution in [0.1, 0.15) is 114 Å². The standard InChI is InChI=1S/C92H76N2/c1-87(2,3)91(81-33-21-17-29-71(81)75-49-45-65(55-85(75)91)93(61-41-39-59-37-35-57-23-11-13-25-67(57)77(59)51-61)63-43-47-73-69-27-15-19-31-79(69)89(7,8)83(73)53-63)92(88(4,5)6)82-34-22-18-30-72(82)76-50-46-66(56-86(76)92)94(62-42-40-60-38-36-58-24-12-14-26-68(58)78(60)52-62)64-44-48-74-70-28-16-20-32-80(70)90(9,10)84(74)54-64/h11-56H,1-10H3. The number of benzene rings is 14. The van der Waals surface area contributed by atoms with Gasteiger partial charge in [0.05, 0.1) is 0 Å². The normalized spacial score (nSPS) is 17.5. The van der Waals surface area contributed by atoms with Gasteiger partial charge in [0.1, 0.15) is 0 Å². The zero-order chi connectivity index (χ0) is 64.0. The molecule has 2 unspecified atom stereocenters. The predicted octanol–water partition coefficient (Wildman–Crippen LogP) is 25.2. The smallest absolute Gasteiger partial charge is 0.0468 e. The molecule has 0 bridgehead atoms. The first-order chi connectivity index (χ1) is 45.4. The van der Waals surface area contributed by atoms with Crippen molar-refractivity contribution in [1.29, 1.82) is 0 Å². The summed E-state index contributed by atoms with van der Waals surface area (Å²) < 4.78 is 0. The maximum absolute atomic E-state index is 2.65. The van der Waals surface area contributed by atoms with Gasteiger partial charge in [-0.3, -0.25) is 0 Å². The summed E-state index contributed by atoms with van der Waals surface area (Å²) in [7, 11) is 0. The molecular weight excluding hydrogens is 1130 g/mol. The molecule has 2 heteroatoms. The fourth-order valence-corrected chi connectivity index (χ4v) is 19.2. The Morgan fingerprint density at radius 1 is 0.213 bits per heavy atom. The summed E-state index contributed by atoms with van der Waals surface area (Å²) in [6.07, 6.45) is 0. The molecule has 0 heterocycles. The lowest BCUT2D eigenvalue weighted by atomic mass is 9.39.